The molecule has 1 saturated heterocycles. The van der Waals surface area contributed by atoms with Gasteiger partial charge in [-0.3, -0.25) is 4.79 Å². The Morgan fingerprint density at radius 2 is 1.88 bits per heavy atom. The van der Waals surface area contributed by atoms with Crippen LogP contribution in [0.25, 0.3) is 16.4 Å². The third-order valence-corrected chi connectivity index (χ3v) is 7.96. The molecule has 0 bridgehead atoms. The minimum absolute atomic E-state index is 0.0333. The van der Waals surface area contributed by atoms with Gasteiger partial charge in [-0.25, -0.2) is 14.5 Å². The van der Waals surface area contributed by atoms with E-state index in [4.69, 9.17) is 14.5 Å². The lowest BCUT2D eigenvalue weighted by atomic mass is 10.0. The first kappa shape index (κ1) is 28.2. The first-order valence-electron chi connectivity index (χ1n) is 13.5. The van der Waals surface area contributed by atoms with Crippen LogP contribution in [0.15, 0.2) is 60.1 Å². The Kier molecular flexibility index (Phi) is 8.25. The Labute approximate surface area is 243 Å². The number of nitrogens with one attached hydrogen (secondary N) is 1. The first-order valence-corrected chi connectivity index (χ1v) is 14.4. The Bertz CT molecular complexity index is 1550. The van der Waals surface area contributed by atoms with Gasteiger partial charge in [-0.2, -0.15) is 5.10 Å². The predicted molar refractivity (Wildman–Crippen MR) is 159 cm³/mol. The number of urea groups is 1. The summed E-state index contributed by atoms with van der Waals surface area (Å²) in [6, 6.07) is 14.6. The molecule has 1 aliphatic rings. The van der Waals surface area contributed by atoms with Crippen molar-refractivity contribution >= 4 is 29.0 Å². The number of nitrogens with zero attached hydrogens (tertiary/aromatic N) is 5. The summed E-state index contributed by atoms with van der Waals surface area (Å²) in [7, 11) is 3.21. The van der Waals surface area contributed by atoms with Gasteiger partial charge in [-0.05, 0) is 37.1 Å². The smallest absolute Gasteiger partial charge is 0.322 e. The molecule has 3 heterocycles. The summed E-state index contributed by atoms with van der Waals surface area (Å²) in [5.41, 5.74) is 3.74. The molecule has 214 valence electrons. The number of amides is 3. The molecule has 0 radical (unpaired) electrons. The highest BCUT2D eigenvalue weighted by molar-refractivity contribution is 7.12. The predicted octanol–water partition coefficient (Wildman–Crippen LogP) is 5.51. The summed E-state index contributed by atoms with van der Waals surface area (Å²) in [5.74, 6) is 1.29. The van der Waals surface area contributed by atoms with Gasteiger partial charge in [0.05, 0.1) is 43.1 Å². The molecule has 1 aliphatic heterocycles. The molecule has 1 unspecified atom stereocenters. The molecule has 4 aromatic rings. The van der Waals surface area contributed by atoms with Crippen LogP contribution in [0.1, 0.15) is 42.7 Å². The highest BCUT2D eigenvalue weighted by atomic mass is 32.1. The number of carbonyl (C=O) groups excluding carboxylic acids is 2. The molecular formula is C30H34N6O4S. The van der Waals surface area contributed by atoms with Crippen LogP contribution in [0.2, 0.25) is 0 Å². The minimum Gasteiger partial charge on any atom is -0.497 e. The number of anilines is 1. The van der Waals surface area contributed by atoms with Crippen molar-refractivity contribution in [1.82, 2.24) is 24.6 Å². The van der Waals surface area contributed by atoms with E-state index in [2.05, 4.69) is 10.4 Å². The van der Waals surface area contributed by atoms with Crippen LogP contribution in [0.4, 0.5) is 10.5 Å². The van der Waals surface area contributed by atoms with Crippen molar-refractivity contribution in [2.45, 2.75) is 32.7 Å². The number of benzene rings is 2. The Balaban J connectivity index is 1.32. The third kappa shape index (κ3) is 5.76. The maximum Gasteiger partial charge on any atom is 0.322 e. The monoisotopic (exact) mass is 574 g/mol. The molecule has 3 amide bonds. The van der Waals surface area contributed by atoms with Crippen molar-refractivity contribution in [1.29, 1.82) is 0 Å². The van der Waals surface area contributed by atoms with Gasteiger partial charge in [0, 0.05) is 36.6 Å². The number of methoxy groups -OCH3 is 2. The zero-order valence-electron chi connectivity index (χ0n) is 23.8. The number of para-hydroxylation sites is 2. The summed E-state index contributed by atoms with van der Waals surface area (Å²) in [4.78, 5) is 35.2. The topological polar surface area (TPSA) is 102 Å². The number of hydrogen-bond donors (Lipinski definition) is 1. The van der Waals surface area contributed by atoms with Crippen molar-refractivity contribution in [2.24, 2.45) is 0 Å². The number of ether oxygens (including phenoxy) is 2. The molecule has 1 N–H and O–H groups in total. The average Bonchev–Trinajstić information content (AvgIpc) is 3.65. The van der Waals surface area contributed by atoms with Crippen LogP contribution in [0, 0.1) is 0 Å². The van der Waals surface area contributed by atoms with E-state index < -0.39 is 0 Å². The lowest BCUT2D eigenvalue weighted by Crippen LogP contribution is -2.56. The number of rotatable bonds is 7. The largest absolute Gasteiger partial charge is 0.497 e. The summed E-state index contributed by atoms with van der Waals surface area (Å²) < 4.78 is 12.5. The van der Waals surface area contributed by atoms with Gasteiger partial charge in [-0.15, -0.1) is 11.3 Å². The Morgan fingerprint density at radius 1 is 1.07 bits per heavy atom. The molecule has 1 fully saturated rings. The van der Waals surface area contributed by atoms with E-state index in [-0.39, 0.29) is 23.9 Å². The maximum atomic E-state index is 13.8. The second-order valence-electron chi connectivity index (χ2n) is 10.2. The molecule has 10 nitrogen and oxygen atoms in total. The molecule has 0 saturated carbocycles. The second kappa shape index (κ2) is 12.0. The number of thiazole rings is 1. The molecule has 2 aromatic carbocycles. The Morgan fingerprint density at radius 3 is 2.61 bits per heavy atom. The van der Waals surface area contributed by atoms with E-state index in [1.165, 1.54) is 11.3 Å². The number of aromatic nitrogens is 3. The van der Waals surface area contributed by atoms with Crippen molar-refractivity contribution in [3.05, 3.63) is 71.4 Å². The molecule has 41 heavy (non-hydrogen) atoms. The summed E-state index contributed by atoms with van der Waals surface area (Å²) >= 11 is 1.47. The molecule has 5 rings (SSSR count). The van der Waals surface area contributed by atoms with E-state index in [1.54, 1.807) is 47.0 Å². The molecule has 11 heteroatoms. The number of carbonyl (C=O) groups is 2. The van der Waals surface area contributed by atoms with Crippen LogP contribution < -0.4 is 14.8 Å². The molecule has 2 aromatic heterocycles. The second-order valence-corrected chi connectivity index (χ2v) is 11.0. The van der Waals surface area contributed by atoms with Crippen LogP contribution in [0.5, 0.6) is 11.5 Å². The van der Waals surface area contributed by atoms with E-state index in [0.717, 1.165) is 22.7 Å². The fraction of sp³-hybridized carbons (Fsp3) is 0.333. The normalized spacial score (nSPS) is 15.2. The summed E-state index contributed by atoms with van der Waals surface area (Å²) in [6.45, 7) is 7.28. The minimum atomic E-state index is -0.222. The highest BCUT2D eigenvalue weighted by Crippen LogP contribution is 2.31. The zero-order valence-corrected chi connectivity index (χ0v) is 24.6. The molecular weight excluding hydrogens is 540 g/mol. The quantitative estimate of drug-likeness (QED) is 0.312. The van der Waals surface area contributed by atoms with Gasteiger partial charge in [0.2, 0.25) is 5.13 Å². The number of hydrogen-bond acceptors (Lipinski definition) is 7. The van der Waals surface area contributed by atoms with Gasteiger partial charge < -0.3 is 24.6 Å². The average molecular weight is 575 g/mol. The standard InChI is InChI=1S/C30H34N6O4S/c1-19(2)27-23(16-31-36(27)30-33-25(18-41-30)21-9-8-10-22(15-21)39-4)28(37)34-13-14-35(20(3)17-34)29(38)32-24-11-6-7-12-26(24)40-5/h6-12,15-16,18-20H,13-14,17H2,1-5H3,(H,32,38). The number of piperazine rings is 1. The van der Waals surface area contributed by atoms with E-state index in [0.29, 0.717) is 41.8 Å². The summed E-state index contributed by atoms with van der Waals surface area (Å²) in [6.07, 6.45) is 1.63. The molecule has 0 spiro atoms. The zero-order chi connectivity index (χ0) is 29.1. The van der Waals surface area contributed by atoms with Crippen molar-refractivity contribution < 1.29 is 19.1 Å². The van der Waals surface area contributed by atoms with Crippen molar-refractivity contribution in [3.8, 4) is 27.9 Å². The fourth-order valence-electron chi connectivity index (χ4n) is 5.06. The molecule has 0 aliphatic carbocycles. The highest BCUT2D eigenvalue weighted by Gasteiger charge is 2.33. The van der Waals surface area contributed by atoms with Gasteiger partial charge in [0.1, 0.15) is 11.5 Å². The van der Waals surface area contributed by atoms with Gasteiger partial charge >= 0.3 is 6.03 Å². The van der Waals surface area contributed by atoms with E-state index in [1.807, 2.05) is 62.5 Å². The lowest BCUT2D eigenvalue weighted by molar-refractivity contribution is 0.0590. The van der Waals surface area contributed by atoms with Crippen LogP contribution in [-0.4, -0.2) is 76.4 Å². The Hall–Kier alpha value is -4.38. The van der Waals surface area contributed by atoms with Crippen molar-refractivity contribution in [2.75, 3.05) is 39.2 Å². The van der Waals surface area contributed by atoms with Crippen molar-refractivity contribution in [3.63, 3.8) is 0 Å². The van der Waals surface area contributed by atoms with E-state index in [9.17, 15) is 9.59 Å². The summed E-state index contributed by atoms with van der Waals surface area (Å²) in [5, 5.41) is 10.2. The third-order valence-electron chi connectivity index (χ3n) is 7.15. The van der Waals surface area contributed by atoms with Crippen LogP contribution in [0.3, 0.4) is 0 Å². The van der Waals surface area contributed by atoms with Gasteiger partial charge in [-0.1, -0.05) is 38.1 Å². The molecule has 1 atom stereocenters. The first-order chi connectivity index (χ1) is 19.8. The van der Waals surface area contributed by atoms with Gasteiger partial charge in [0.25, 0.3) is 5.91 Å². The van der Waals surface area contributed by atoms with E-state index >= 15 is 0 Å². The lowest BCUT2D eigenvalue weighted by Gasteiger charge is -2.39. The fourth-order valence-corrected chi connectivity index (χ4v) is 5.86. The van der Waals surface area contributed by atoms with Crippen LogP contribution in [-0.2, 0) is 0 Å². The van der Waals surface area contributed by atoms with Gasteiger partial charge in [0.15, 0.2) is 0 Å². The van der Waals surface area contributed by atoms with Crippen LogP contribution >= 0.6 is 11.3 Å². The SMILES string of the molecule is COc1cccc(-c2csc(-n3ncc(C(=O)N4CCN(C(=O)Nc5ccccc5OC)C(C)C4)c3C(C)C)n2)c1. The maximum absolute atomic E-state index is 13.8.